The van der Waals surface area contributed by atoms with Crippen molar-refractivity contribution in [3.8, 4) is 11.1 Å². The summed E-state index contributed by atoms with van der Waals surface area (Å²) in [4.78, 5) is 12.8. The van der Waals surface area contributed by atoms with Gasteiger partial charge in [0.1, 0.15) is 0 Å². The highest BCUT2D eigenvalue weighted by Crippen LogP contribution is 2.25. The van der Waals surface area contributed by atoms with Gasteiger partial charge in [-0.05, 0) is 23.3 Å². The number of ketones is 1. The van der Waals surface area contributed by atoms with Crippen LogP contribution in [0, 0.1) is 0 Å². The van der Waals surface area contributed by atoms with Crippen molar-refractivity contribution in [3.63, 3.8) is 0 Å². The fraction of sp³-hybridized carbons (Fsp3) is 0.594. The summed E-state index contributed by atoms with van der Waals surface area (Å²) in [5.41, 5.74) is 3.03. The molecule has 0 saturated heterocycles. The van der Waals surface area contributed by atoms with E-state index in [0.717, 1.165) is 22.4 Å². The van der Waals surface area contributed by atoms with Crippen molar-refractivity contribution in [2.75, 3.05) is 11.5 Å². The van der Waals surface area contributed by atoms with E-state index >= 15 is 0 Å². The van der Waals surface area contributed by atoms with Gasteiger partial charge < -0.3 is 0 Å². The molecule has 0 aliphatic rings. The number of carbonyl (C=O) groups is 1. The average Bonchev–Trinajstić information content (AvgIpc) is 2.88. The number of Topliss-reactive ketones (excluding diaryl/α,β-unsaturated/α-hetero) is 1. The summed E-state index contributed by atoms with van der Waals surface area (Å²) in [7, 11) is 0. The van der Waals surface area contributed by atoms with Crippen LogP contribution in [0.5, 0.6) is 0 Å². The van der Waals surface area contributed by atoms with Crippen molar-refractivity contribution >= 4 is 17.5 Å². The number of benzene rings is 2. The topological polar surface area (TPSA) is 17.1 Å². The molecule has 2 aromatic rings. The molecule has 0 aliphatic heterocycles. The molecular weight excluding hydrogens is 432 g/mol. The number of rotatable bonds is 21. The van der Waals surface area contributed by atoms with E-state index in [9.17, 15) is 4.79 Å². The smallest absolute Gasteiger partial charge is 0.173 e. The van der Waals surface area contributed by atoms with Gasteiger partial charge in [-0.1, -0.05) is 158 Å². The van der Waals surface area contributed by atoms with Gasteiger partial charge in [0.05, 0.1) is 5.75 Å². The van der Waals surface area contributed by atoms with Crippen LogP contribution >= 0.6 is 11.8 Å². The van der Waals surface area contributed by atoms with Crippen LogP contribution in [-0.2, 0) is 0 Å². The van der Waals surface area contributed by atoms with Crippen molar-refractivity contribution in [2.45, 2.75) is 110 Å². The van der Waals surface area contributed by atoms with E-state index in [0.29, 0.717) is 5.75 Å². The molecule has 0 unspecified atom stereocenters. The number of hydrogen-bond donors (Lipinski definition) is 0. The van der Waals surface area contributed by atoms with Crippen LogP contribution in [0.1, 0.15) is 120 Å². The van der Waals surface area contributed by atoms with Crippen molar-refractivity contribution in [2.24, 2.45) is 0 Å². The second kappa shape index (κ2) is 19.7. The molecule has 2 rings (SSSR count). The molecule has 1 nitrogen and oxygen atoms in total. The monoisotopic (exact) mass is 480 g/mol. The van der Waals surface area contributed by atoms with Gasteiger partial charge in [0, 0.05) is 5.56 Å². The summed E-state index contributed by atoms with van der Waals surface area (Å²) in [6.07, 6.45) is 22.4. The fourth-order valence-corrected chi connectivity index (χ4v) is 5.48. The van der Waals surface area contributed by atoms with E-state index in [4.69, 9.17) is 0 Å². The summed E-state index contributed by atoms with van der Waals surface area (Å²) in [6.45, 7) is 2.29. The Morgan fingerprint density at radius 2 is 1.06 bits per heavy atom. The highest BCUT2D eigenvalue weighted by atomic mass is 32.2. The number of hydrogen-bond acceptors (Lipinski definition) is 2. The van der Waals surface area contributed by atoms with Gasteiger partial charge in [0.15, 0.2) is 5.78 Å². The Morgan fingerprint density at radius 1 is 0.588 bits per heavy atom. The zero-order chi connectivity index (χ0) is 24.1. The van der Waals surface area contributed by atoms with Gasteiger partial charge in [0.25, 0.3) is 0 Å². The molecule has 0 saturated carbocycles. The fourth-order valence-electron chi connectivity index (χ4n) is 4.59. The van der Waals surface area contributed by atoms with Crippen LogP contribution in [0.2, 0.25) is 0 Å². The third-order valence-corrected chi connectivity index (χ3v) is 7.73. The average molecular weight is 481 g/mol. The second-order valence-electron chi connectivity index (χ2n) is 9.69. The van der Waals surface area contributed by atoms with Gasteiger partial charge >= 0.3 is 0 Å². The van der Waals surface area contributed by atoms with Crippen molar-refractivity contribution < 1.29 is 4.79 Å². The predicted octanol–water partition coefficient (Wildman–Crippen LogP) is 10.5. The van der Waals surface area contributed by atoms with Crippen LogP contribution in [0.15, 0.2) is 54.6 Å². The molecule has 0 radical (unpaired) electrons. The standard InChI is InChI=1S/C32H48OS/c1-2-3-4-5-6-7-8-9-10-11-12-13-14-15-16-22-27-34-28-32(33)31-26-21-20-25-30(31)29-23-18-17-19-24-29/h17-21,23-26H,2-16,22,27-28H2,1H3. The summed E-state index contributed by atoms with van der Waals surface area (Å²) in [5.74, 6) is 1.93. The van der Waals surface area contributed by atoms with Gasteiger partial charge in [-0.3, -0.25) is 4.79 Å². The molecule has 0 amide bonds. The van der Waals surface area contributed by atoms with Crippen molar-refractivity contribution in [3.05, 3.63) is 60.2 Å². The lowest BCUT2D eigenvalue weighted by Gasteiger charge is -2.09. The highest BCUT2D eigenvalue weighted by Gasteiger charge is 2.12. The maximum absolute atomic E-state index is 12.8. The molecule has 188 valence electrons. The normalized spacial score (nSPS) is 11.1. The van der Waals surface area contributed by atoms with Crippen LogP contribution in [0.4, 0.5) is 0 Å². The Balaban J connectivity index is 1.41. The Hall–Kier alpha value is -1.54. The first-order chi connectivity index (χ1) is 16.8. The number of unbranched alkanes of at least 4 members (excludes halogenated alkanes) is 15. The zero-order valence-corrected chi connectivity index (χ0v) is 22.6. The van der Waals surface area contributed by atoms with Crippen LogP contribution in [-0.4, -0.2) is 17.3 Å². The minimum absolute atomic E-state index is 0.251. The Labute approximate surface area is 214 Å². The molecular formula is C32H48OS. The molecule has 0 bridgehead atoms. The van der Waals surface area contributed by atoms with E-state index < -0.39 is 0 Å². The third kappa shape index (κ3) is 12.8. The van der Waals surface area contributed by atoms with Gasteiger partial charge in [-0.15, -0.1) is 0 Å². The zero-order valence-electron chi connectivity index (χ0n) is 21.7. The lowest BCUT2D eigenvalue weighted by atomic mass is 9.98. The molecule has 0 atom stereocenters. The first kappa shape index (κ1) is 28.7. The van der Waals surface area contributed by atoms with Crippen LogP contribution in [0.25, 0.3) is 11.1 Å². The third-order valence-electron chi connectivity index (χ3n) is 6.69. The van der Waals surface area contributed by atoms with Crippen LogP contribution < -0.4 is 0 Å². The van der Waals surface area contributed by atoms with Crippen molar-refractivity contribution in [1.29, 1.82) is 0 Å². The summed E-state index contributed by atoms with van der Waals surface area (Å²) in [6, 6.07) is 18.3. The minimum Gasteiger partial charge on any atom is -0.293 e. The Morgan fingerprint density at radius 3 is 1.62 bits per heavy atom. The molecule has 2 heteroatoms. The van der Waals surface area contributed by atoms with E-state index in [2.05, 4.69) is 25.1 Å². The van der Waals surface area contributed by atoms with E-state index in [1.54, 1.807) is 11.8 Å². The maximum Gasteiger partial charge on any atom is 0.173 e. The molecule has 0 aliphatic carbocycles. The van der Waals surface area contributed by atoms with E-state index in [-0.39, 0.29) is 5.78 Å². The number of carbonyl (C=O) groups excluding carboxylic acids is 1. The highest BCUT2D eigenvalue weighted by molar-refractivity contribution is 7.99. The lowest BCUT2D eigenvalue weighted by Crippen LogP contribution is -2.05. The predicted molar refractivity (Wildman–Crippen MR) is 153 cm³/mol. The summed E-state index contributed by atoms with van der Waals surface area (Å²) >= 11 is 1.80. The Bertz CT molecular complexity index is 755. The van der Waals surface area contributed by atoms with Gasteiger partial charge in [-0.2, -0.15) is 11.8 Å². The van der Waals surface area contributed by atoms with Crippen LogP contribution in [0.3, 0.4) is 0 Å². The maximum atomic E-state index is 12.8. The quantitative estimate of drug-likeness (QED) is 0.130. The van der Waals surface area contributed by atoms with Gasteiger partial charge in [-0.25, -0.2) is 0 Å². The molecule has 0 N–H and O–H groups in total. The van der Waals surface area contributed by atoms with E-state index in [1.807, 2.05) is 36.4 Å². The Kier molecular flexibility index (Phi) is 16.7. The largest absolute Gasteiger partial charge is 0.293 e. The molecule has 0 spiro atoms. The molecule has 0 fully saturated rings. The summed E-state index contributed by atoms with van der Waals surface area (Å²) < 4.78 is 0. The molecule has 0 aromatic heterocycles. The molecule has 2 aromatic carbocycles. The SMILES string of the molecule is CCCCCCCCCCCCCCCCCCSCC(=O)c1ccccc1-c1ccccc1. The van der Waals surface area contributed by atoms with Gasteiger partial charge in [0.2, 0.25) is 0 Å². The molecule has 0 heterocycles. The first-order valence-corrected chi connectivity index (χ1v) is 15.2. The first-order valence-electron chi connectivity index (χ1n) is 14.1. The van der Waals surface area contributed by atoms with Crippen molar-refractivity contribution in [1.82, 2.24) is 0 Å². The lowest BCUT2D eigenvalue weighted by molar-refractivity contribution is 0.102. The van der Waals surface area contributed by atoms with E-state index in [1.165, 1.54) is 103 Å². The second-order valence-corrected chi connectivity index (χ2v) is 10.8. The molecule has 34 heavy (non-hydrogen) atoms. The minimum atomic E-state index is 0.251. The summed E-state index contributed by atoms with van der Waals surface area (Å²) in [5, 5.41) is 0. The number of thioether (sulfide) groups is 1.